The number of rotatable bonds is 6. The van der Waals surface area contributed by atoms with Gasteiger partial charge in [-0.15, -0.1) is 0 Å². The summed E-state index contributed by atoms with van der Waals surface area (Å²) in [5.74, 6) is -0.836. The van der Waals surface area contributed by atoms with Crippen LogP contribution in [0.5, 0.6) is 0 Å². The molecule has 0 saturated carbocycles. The predicted molar refractivity (Wildman–Crippen MR) is 62.6 cm³/mol. The Hall–Kier alpha value is -2.22. The number of methoxy groups -OCH3 is 1. The van der Waals surface area contributed by atoms with Gasteiger partial charge in [0.05, 0.1) is 11.5 Å². The molecule has 0 saturated heterocycles. The molecule has 1 aromatic heterocycles. The number of hydrogen-bond acceptors (Lipinski definition) is 6. The molecule has 2 N–H and O–H groups in total. The molecule has 98 valence electrons. The van der Waals surface area contributed by atoms with E-state index in [1.807, 2.05) is 0 Å². The Kier molecular flexibility index (Phi) is 4.55. The summed E-state index contributed by atoms with van der Waals surface area (Å²) in [6.45, 7) is 1.52. The van der Waals surface area contributed by atoms with Gasteiger partial charge < -0.3 is 15.2 Å². The molecule has 0 aromatic carbocycles. The first-order valence-corrected chi connectivity index (χ1v) is 5.05. The molecule has 1 atom stereocenters. The first-order valence-electron chi connectivity index (χ1n) is 5.05. The van der Waals surface area contributed by atoms with Crippen LogP contribution in [0.2, 0.25) is 0 Å². The summed E-state index contributed by atoms with van der Waals surface area (Å²) < 4.78 is 4.75. The van der Waals surface area contributed by atoms with Crippen LogP contribution in [-0.2, 0) is 9.53 Å². The second-order valence-electron chi connectivity index (χ2n) is 3.60. The Bertz CT molecular complexity index is 463. The molecule has 1 rings (SSSR count). The van der Waals surface area contributed by atoms with Crippen molar-refractivity contribution in [2.75, 3.05) is 19.0 Å². The molecule has 0 fully saturated rings. The number of carboxylic acid groups (broad SMARTS) is 1. The van der Waals surface area contributed by atoms with E-state index in [-0.39, 0.29) is 18.1 Å². The van der Waals surface area contributed by atoms with Gasteiger partial charge in [0.25, 0.3) is 5.69 Å². The van der Waals surface area contributed by atoms with E-state index in [1.165, 1.54) is 13.2 Å². The molecule has 1 aromatic rings. The highest BCUT2D eigenvalue weighted by Gasteiger charge is 2.19. The zero-order chi connectivity index (χ0) is 13.7. The average molecular weight is 255 g/mol. The maximum atomic E-state index is 10.9. The van der Waals surface area contributed by atoms with Gasteiger partial charge in [0.2, 0.25) is 0 Å². The van der Waals surface area contributed by atoms with Gasteiger partial charge in [-0.1, -0.05) is 0 Å². The molecule has 0 amide bonds. The SMILES string of the molecule is COCC(Nc1cc(C)c([N+](=O)[O-])cn1)C(=O)O. The predicted octanol–water partition coefficient (Wildman–Crippen LogP) is 0.810. The highest BCUT2D eigenvalue weighted by Crippen LogP contribution is 2.19. The molecule has 0 bridgehead atoms. The van der Waals surface area contributed by atoms with Crippen molar-refractivity contribution >= 4 is 17.5 Å². The van der Waals surface area contributed by atoms with E-state index in [9.17, 15) is 14.9 Å². The average Bonchev–Trinajstić information content (AvgIpc) is 2.27. The van der Waals surface area contributed by atoms with Crippen molar-refractivity contribution in [1.29, 1.82) is 0 Å². The number of aliphatic carboxylic acids is 1. The fourth-order valence-electron chi connectivity index (χ4n) is 1.34. The Labute approximate surface area is 103 Å². The van der Waals surface area contributed by atoms with Crippen LogP contribution in [0.25, 0.3) is 0 Å². The van der Waals surface area contributed by atoms with E-state index >= 15 is 0 Å². The highest BCUT2D eigenvalue weighted by atomic mass is 16.6. The molecule has 18 heavy (non-hydrogen) atoms. The number of ether oxygens (including phenoxy) is 1. The summed E-state index contributed by atoms with van der Waals surface area (Å²) in [7, 11) is 1.38. The standard InChI is InChI=1S/C10H13N3O5/c1-6-3-9(11-4-8(6)13(16)17)12-7(5-18-2)10(14)15/h3-4,7H,5H2,1-2H3,(H,11,12)(H,14,15). The summed E-state index contributed by atoms with van der Waals surface area (Å²) in [5.41, 5.74) is 0.290. The van der Waals surface area contributed by atoms with Crippen LogP contribution >= 0.6 is 0 Å². The normalized spacial score (nSPS) is 11.9. The second-order valence-corrected chi connectivity index (χ2v) is 3.60. The van der Waals surface area contributed by atoms with Crippen molar-refractivity contribution in [2.45, 2.75) is 13.0 Å². The number of aryl methyl sites for hydroxylation is 1. The summed E-state index contributed by atoms with van der Waals surface area (Å²) in [4.78, 5) is 24.7. The van der Waals surface area contributed by atoms with Crippen molar-refractivity contribution in [3.8, 4) is 0 Å². The number of nitrogens with one attached hydrogen (secondary N) is 1. The number of nitrogens with zero attached hydrogens (tertiary/aromatic N) is 2. The molecule has 0 radical (unpaired) electrons. The first kappa shape index (κ1) is 13.8. The molecule has 8 nitrogen and oxygen atoms in total. The van der Waals surface area contributed by atoms with Gasteiger partial charge in [-0.05, 0) is 13.0 Å². The molecule has 8 heteroatoms. The summed E-state index contributed by atoms with van der Waals surface area (Å²) in [6, 6.07) is 0.465. The highest BCUT2D eigenvalue weighted by molar-refractivity contribution is 5.77. The van der Waals surface area contributed by atoms with Gasteiger partial charge in [-0.3, -0.25) is 10.1 Å². The van der Waals surface area contributed by atoms with Crippen LogP contribution in [0.4, 0.5) is 11.5 Å². The number of anilines is 1. The number of aromatic nitrogens is 1. The smallest absolute Gasteiger partial charge is 0.328 e. The minimum Gasteiger partial charge on any atom is -0.480 e. The largest absolute Gasteiger partial charge is 0.480 e. The molecular weight excluding hydrogens is 242 g/mol. The summed E-state index contributed by atoms with van der Waals surface area (Å²) >= 11 is 0. The van der Waals surface area contributed by atoms with E-state index < -0.39 is 16.9 Å². The maximum Gasteiger partial charge on any atom is 0.328 e. The van der Waals surface area contributed by atoms with E-state index in [4.69, 9.17) is 9.84 Å². The van der Waals surface area contributed by atoms with E-state index in [2.05, 4.69) is 10.3 Å². The van der Waals surface area contributed by atoms with Crippen LogP contribution in [0.15, 0.2) is 12.3 Å². The lowest BCUT2D eigenvalue weighted by Gasteiger charge is -2.14. The fraction of sp³-hybridized carbons (Fsp3) is 0.400. The van der Waals surface area contributed by atoms with Gasteiger partial charge >= 0.3 is 5.97 Å². The monoisotopic (exact) mass is 255 g/mol. The minimum atomic E-state index is -1.09. The Morgan fingerprint density at radius 1 is 1.72 bits per heavy atom. The van der Waals surface area contributed by atoms with Crippen molar-refractivity contribution < 1.29 is 19.6 Å². The van der Waals surface area contributed by atoms with Crippen molar-refractivity contribution in [1.82, 2.24) is 4.98 Å². The zero-order valence-corrected chi connectivity index (χ0v) is 9.91. The molecule has 0 aliphatic heterocycles. The van der Waals surface area contributed by atoms with Crippen molar-refractivity contribution in [3.05, 3.63) is 27.9 Å². The van der Waals surface area contributed by atoms with Crippen molar-refractivity contribution in [3.63, 3.8) is 0 Å². The molecule has 1 heterocycles. The van der Waals surface area contributed by atoms with Gasteiger partial charge in [0, 0.05) is 12.7 Å². The number of carbonyl (C=O) groups is 1. The first-order chi connectivity index (χ1) is 8.45. The lowest BCUT2D eigenvalue weighted by molar-refractivity contribution is -0.385. The lowest BCUT2D eigenvalue weighted by atomic mass is 10.2. The number of hydrogen-bond donors (Lipinski definition) is 2. The topological polar surface area (TPSA) is 115 Å². The molecule has 1 unspecified atom stereocenters. The van der Waals surface area contributed by atoms with Gasteiger partial charge in [-0.25, -0.2) is 9.78 Å². The molecule has 0 aliphatic rings. The molecule has 0 aliphatic carbocycles. The third kappa shape index (κ3) is 3.39. The third-order valence-corrected chi connectivity index (χ3v) is 2.23. The van der Waals surface area contributed by atoms with Crippen LogP contribution in [-0.4, -0.2) is 40.7 Å². The van der Waals surface area contributed by atoms with Crippen LogP contribution in [0.1, 0.15) is 5.56 Å². The Morgan fingerprint density at radius 3 is 2.83 bits per heavy atom. The Balaban J connectivity index is 2.88. The number of nitro groups is 1. The van der Waals surface area contributed by atoms with Gasteiger partial charge in [0.15, 0.2) is 0 Å². The number of carboxylic acids is 1. The van der Waals surface area contributed by atoms with Gasteiger partial charge in [-0.2, -0.15) is 0 Å². The van der Waals surface area contributed by atoms with E-state index in [0.717, 1.165) is 6.20 Å². The third-order valence-electron chi connectivity index (χ3n) is 2.23. The quantitative estimate of drug-likeness (QED) is 0.570. The lowest BCUT2D eigenvalue weighted by Crippen LogP contribution is -2.33. The minimum absolute atomic E-state index is 0.0347. The fourth-order valence-corrected chi connectivity index (χ4v) is 1.34. The zero-order valence-electron chi connectivity index (χ0n) is 9.91. The number of pyridine rings is 1. The molecular formula is C10H13N3O5. The Morgan fingerprint density at radius 2 is 2.39 bits per heavy atom. The second kappa shape index (κ2) is 5.92. The van der Waals surface area contributed by atoms with E-state index in [1.54, 1.807) is 6.92 Å². The summed E-state index contributed by atoms with van der Waals surface area (Å²) in [5, 5.41) is 22.1. The van der Waals surface area contributed by atoms with E-state index in [0.29, 0.717) is 5.56 Å². The molecule has 0 spiro atoms. The van der Waals surface area contributed by atoms with Crippen molar-refractivity contribution in [2.24, 2.45) is 0 Å². The maximum absolute atomic E-state index is 10.9. The van der Waals surface area contributed by atoms with Crippen LogP contribution < -0.4 is 5.32 Å². The van der Waals surface area contributed by atoms with Gasteiger partial charge in [0.1, 0.15) is 18.1 Å². The van der Waals surface area contributed by atoms with Crippen LogP contribution in [0, 0.1) is 17.0 Å². The summed E-state index contributed by atoms with van der Waals surface area (Å²) in [6.07, 6.45) is 1.09. The van der Waals surface area contributed by atoms with Crippen LogP contribution in [0.3, 0.4) is 0 Å².